The van der Waals surface area contributed by atoms with Crippen LogP contribution in [0.15, 0.2) is 54.9 Å². The van der Waals surface area contributed by atoms with Crippen molar-refractivity contribution < 1.29 is 15.0 Å². The third-order valence-electron chi connectivity index (χ3n) is 4.57. The van der Waals surface area contributed by atoms with Crippen LogP contribution in [0.4, 0.5) is 0 Å². The maximum Gasteiger partial charge on any atom is 0.168 e. The van der Waals surface area contributed by atoms with Crippen molar-refractivity contribution in [2.24, 2.45) is 7.05 Å². The molecule has 0 radical (unpaired) electrons. The van der Waals surface area contributed by atoms with Crippen LogP contribution in [0.25, 0.3) is 22.2 Å². The molecular weight excluding hydrogens is 352 g/mol. The van der Waals surface area contributed by atoms with Crippen LogP contribution in [0.5, 0.6) is 5.75 Å². The second kappa shape index (κ2) is 7.23. The van der Waals surface area contributed by atoms with Crippen LogP contribution in [0, 0.1) is 6.92 Å². The largest absolute Gasteiger partial charge is 0.497 e. The standard InChI is InChI=1S/C22H20N4O2/c1-14-23-13-21(26(14)2)20-9-16-8-18(24-11-17(16)12-25-20)10-22(27)15-4-6-19(28-3)7-5-15/h4-9,11-13H,10H2,1-3H3/i4D,5D,6D,7D. The average molecular weight is 376 g/mol. The second-order valence-electron chi connectivity index (χ2n) is 6.35. The van der Waals surface area contributed by atoms with E-state index in [1.807, 2.05) is 24.6 Å². The predicted molar refractivity (Wildman–Crippen MR) is 108 cm³/mol. The maximum absolute atomic E-state index is 12.9. The van der Waals surface area contributed by atoms with Crippen molar-refractivity contribution in [3.8, 4) is 17.1 Å². The Morgan fingerprint density at radius 2 is 1.82 bits per heavy atom. The van der Waals surface area contributed by atoms with E-state index in [4.69, 9.17) is 10.2 Å². The van der Waals surface area contributed by atoms with Gasteiger partial charge in [0.25, 0.3) is 0 Å². The highest BCUT2D eigenvalue weighted by atomic mass is 16.5. The maximum atomic E-state index is 12.9. The van der Waals surface area contributed by atoms with Crippen LogP contribution >= 0.6 is 0 Å². The number of aromatic nitrogens is 4. The summed E-state index contributed by atoms with van der Waals surface area (Å²) in [5.74, 6) is 0.126. The second-order valence-corrected chi connectivity index (χ2v) is 6.35. The zero-order valence-electron chi connectivity index (χ0n) is 19.7. The molecule has 0 aliphatic carbocycles. The van der Waals surface area contributed by atoms with Crippen molar-refractivity contribution in [1.82, 2.24) is 19.5 Å². The first-order chi connectivity index (χ1) is 15.2. The number of ketones is 1. The van der Waals surface area contributed by atoms with Gasteiger partial charge in [-0.05, 0) is 48.6 Å². The van der Waals surface area contributed by atoms with E-state index < -0.39 is 17.9 Å². The van der Waals surface area contributed by atoms with Gasteiger partial charge in [0.05, 0.1) is 36.6 Å². The van der Waals surface area contributed by atoms with Gasteiger partial charge in [0.15, 0.2) is 5.78 Å². The molecule has 28 heavy (non-hydrogen) atoms. The third kappa shape index (κ3) is 3.36. The summed E-state index contributed by atoms with van der Waals surface area (Å²) in [6.45, 7) is 1.91. The SMILES string of the molecule is [2H]c1c([2H])c(C(=O)Cc2cc3cc(-c4cnc(C)n4C)ncc3cn2)c([2H])c([2H])c1OC. The lowest BCUT2D eigenvalue weighted by Gasteiger charge is -2.07. The zero-order chi connectivity index (χ0) is 23.2. The number of hydrogen-bond donors (Lipinski definition) is 0. The lowest BCUT2D eigenvalue weighted by molar-refractivity contribution is 0.0992. The first-order valence-corrected chi connectivity index (χ1v) is 8.63. The Hall–Kier alpha value is -3.54. The Bertz CT molecular complexity index is 1360. The molecule has 0 saturated heterocycles. The van der Waals surface area contributed by atoms with Crippen molar-refractivity contribution in [3.05, 3.63) is 72.0 Å². The van der Waals surface area contributed by atoms with E-state index in [-0.39, 0.29) is 29.8 Å². The third-order valence-corrected chi connectivity index (χ3v) is 4.57. The Balaban J connectivity index is 1.71. The molecule has 0 bridgehead atoms. The molecule has 4 aromatic rings. The van der Waals surface area contributed by atoms with Gasteiger partial charge in [-0.1, -0.05) is 0 Å². The van der Waals surface area contributed by atoms with Crippen molar-refractivity contribution >= 4 is 16.6 Å². The van der Waals surface area contributed by atoms with Gasteiger partial charge in [-0.15, -0.1) is 0 Å². The molecule has 6 nitrogen and oxygen atoms in total. The molecule has 3 aromatic heterocycles. The summed E-state index contributed by atoms with van der Waals surface area (Å²) in [6.07, 6.45) is 4.91. The monoisotopic (exact) mass is 376 g/mol. The molecule has 0 amide bonds. The minimum absolute atomic E-state index is 0.165. The topological polar surface area (TPSA) is 69.9 Å². The molecule has 0 spiro atoms. The summed E-state index contributed by atoms with van der Waals surface area (Å²) in [4.78, 5) is 26.0. The fourth-order valence-electron chi connectivity index (χ4n) is 2.86. The predicted octanol–water partition coefficient (Wildman–Crippen LogP) is 3.77. The van der Waals surface area contributed by atoms with Gasteiger partial charge in [0.2, 0.25) is 0 Å². The van der Waals surface area contributed by atoms with Crippen LogP contribution in [-0.2, 0) is 13.5 Å². The van der Waals surface area contributed by atoms with Crippen molar-refractivity contribution in [2.75, 3.05) is 7.11 Å². The van der Waals surface area contributed by atoms with E-state index in [1.165, 1.54) is 7.11 Å². The Labute approximate surface area is 168 Å². The molecule has 4 rings (SSSR count). The van der Waals surface area contributed by atoms with Crippen molar-refractivity contribution in [3.63, 3.8) is 0 Å². The number of carbonyl (C=O) groups is 1. The van der Waals surface area contributed by atoms with Crippen LogP contribution in [-0.4, -0.2) is 32.4 Å². The minimum atomic E-state index is -0.548. The van der Waals surface area contributed by atoms with Crippen LogP contribution in [0.1, 0.15) is 27.4 Å². The molecule has 3 heterocycles. The fraction of sp³-hybridized carbons (Fsp3) is 0.182. The highest BCUT2D eigenvalue weighted by Gasteiger charge is 2.11. The number of benzene rings is 1. The van der Waals surface area contributed by atoms with Gasteiger partial charge in [-0.2, -0.15) is 0 Å². The molecule has 0 aliphatic rings. The van der Waals surface area contributed by atoms with Crippen LogP contribution < -0.4 is 4.74 Å². The van der Waals surface area contributed by atoms with E-state index >= 15 is 0 Å². The molecule has 0 N–H and O–H groups in total. The lowest BCUT2D eigenvalue weighted by Crippen LogP contribution is -2.05. The summed E-state index contributed by atoms with van der Waals surface area (Å²) in [5.41, 5.74) is 1.77. The van der Waals surface area contributed by atoms with Crippen molar-refractivity contribution in [2.45, 2.75) is 13.3 Å². The molecule has 0 atom stereocenters. The smallest absolute Gasteiger partial charge is 0.168 e. The van der Waals surface area contributed by atoms with E-state index in [0.29, 0.717) is 5.69 Å². The first kappa shape index (κ1) is 13.6. The number of ether oxygens (including phenoxy) is 1. The average Bonchev–Trinajstić information content (AvgIpc) is 3.11. The zero-order valence-corrected chi connectivity index (χ0v) is 15.7. The number of nitrogens with zero attached hydrogens (tertiary/aromatic N) is 4. The Morgan fingerprint density at radius 3 is 2.50 bits per heavy atom. The molecule has 0 aliphatic heterocycles. The van der Waals surface area contributed by atoms with Gasteiger partial charge in [0, 0.05) is 36.1 Å². The number of carbonyl (C=O) groups excluding carboxylic acids is 1. The number of imidazole rings is 1. The fourth-order valence-corrected chi connectivity index (χ4v) is 2.86. The summed E-state index contributed by atoms with van der Waals surface area (Å²) in [5, 5.41) is 1.64. The molecule has 0 fully saturated rings. The van der Waals surface area contributed by atoms with Crippen LogP contribution in [0.3, 0.4) is 0 Å². The normalized spacial score (nSPS) is 13.0. The minimum Gasteiger partial charge on any atom is -0.497 e. The summed E-state index contributed by atoms with van der Waals surface area (Å²) in [6, 6.07) is 2.04. The first-order valence-electron chi connectivity index (χ1n) is 10.6. The highest BCUT2D eigenvalue weighted by molar-refractivity contribution is 5.98. The van der Waals surface area contributed by atoms with Gasteiger partial charge >= 0.3 is 0 Å². The molecule has 0 saturated carbocycles. The number of hydrogen-bond acceptors (Lipinski definition) is 5. The molecular formula is C22H20N4O2. The van der Waals surface area contributed by atoms with Crippen LogP contribution in [0.2, 0.25) is 0 Å². The van der Waals surface area contributed by atoms with E-state index in [0.717, 1.165) is 28.0 Å². The summed E-state index contributed by atoms with van der Waals surface area (Å²) in [7, 11) is 3.17. The molecule has 1 aromatic carbocycles. The van der Waals surface area contributed by atoms with Gasteiger partial charge in [-0.25, -0.2) is 4.98 Å². The van der Waals surface area contributed by atoms with Crippen molar-refractivity contribution in [1.29, 1.82) is 0 Å². The van der Waals surface area contributed by atoms with Gasteiger partial charge < -0.3 is 9.30 Å². The Morgan fingerprint density at radius 1 is 1.07 bits per heavy atom. The van der Waals surface area contributed by atoms with Gasteiger partial charge in [-0.3, -0.25) is 14.8 Å². The quantitative estimate of drug-likeness (QED) is 0.496. The number of methoxy groups -OCH3 is 1. The summed E-state index contributed by atoms with van der Waals surface area (Å²) < 4.78 is 39.1. The number of fused-ring (bicyclic) bond motifs is 1. The van der Waals surface area contributed by atoms with E-state index in [2.05, 4.69) is 15.0 Å². The summed E-state index contributed by atoms with van der Waals surface area (Å²) >= 11 is 0. The Kier molecular flexibility index (Phi) is 3.51. The van der Waals surface area contributed by atoms with E-state index in [9.17, 15) is 4.79 Å². The molecule has 140 valence electrons. The number of aryl methyl sites for hydroxylation is 1. The molecule has 6 heteroatoms. The number of Topliss-reactive ketones (excluding diaryl/α,β-unsaturated/α-hetero) is 1. The number of pyridine rings is 2. The highest BCUT2D eigenvalue weighted by Crippen LogP contribution is 2.23. The van der Waals surface area contributed by atoms with Gasteiger partial charge in [0.1, 0.15) is 11.6 Å². The lowest BCUT2D eigenvalue weighted by atomic mass is 10.0. The van der Waals surface area contributed by atoms with E-state index in [1.54, 1.807) is 24.7 Å². The number of rotatable bonds is 5. The molecule has 0 unspecified atom stereocenters.